The van der Waals surface area contributed by atoms with E-state index >= 15 is 0 Å². The topological polar surface area (TPSA) is 37.3 Å². The van der Waals surface area contributed by atoms with E-state index in [0.717, 1.165) is 12.8 Å². The third-order valence-corrected chi connectivity index (χ3v) is 3.46. The first-order chi connectivity index (χ1) is 6.83. The molecule has 1 aliphatic carbocycles. The van der Waals surface area contributed by atoms with Crippen molar-refractivity contribution < 1.29 is 9.90 Å². The molecule has 0 bridgehead atoms. The van der Waals surface area contributed by atoms with Crippen LogP contribution in [0.1, 0.15) is 40.5 Å². The van der Waals surface area contributed by atoms with Crippen LogP contribution in [0, 0.1) is 17.3 Å². The van der Waals surface area contributed by atoms with E-state index in [1.54, 1.807) is 13.0 Å². The monoisotopic (exact) mass is 210 g/mol. The van der Waals surface area contributed by atoms with Gasteiger partial charge in [0.1, 0.15) is 0 Å². The summed E-state index contributed by atoms with van der Waals surface area (Å²) in [5.74, 6) is 0.938. The molecule has 3 atom stereocenters. The Morgan fingerprint density at radius 2 is 2.07 bits per heavy atom. The van der Waals surface area contributed by atoms with Crippen molar-refractivity contribution in [1.82, 2.24) is 0 Å². The highest BCUT2D eigenvalue weighted by Crippen LogP contribution is 2.44. The molecule has 0 radical (unpaired) electrons. The van der Waals surface area contributed by atoms with Gasteiger partial charge in [0.15, 0.2) is 5.78 Å². The smallest absolute Gasteiger partial charge is 0.152 e. The molecule has 0 amide bonds. The van der Waals surface area contributed by atoms with Crippen LogP contribution < -0.4 is 0 Å². The van der Waals surface area contributed by atoms with Gasteiger partial charge in [0.25, 0.3) is 0 Å². The SMILES string of the molecule is CC(=O)/C=C/C1C(C)CC(O)CC1(C)C. The van der Waals surface area contributed by atoms with Crippen molar-refractivity contribution in [1.29, 1.82) is 0 Å². The molecule has 0 aromatic heterocycles. The highest BCUT2D eigenvalue weighted by Gasteiger charge is 2.38. The van der Waals surface area contributed by atoms with Gasteiger partial charge in [-0.05, 0) is 43.1 Å². The first-order valence-corrected chi connectivity index (χ1v) is 5.70. The molecule has 1 fully saturated rings. The predicted molar refractivity (Wildman–Crippen MR) is 61.5 cm³/mol. The first kappa shape index (κ1) is 12.4. The van der Waals surface area contributed by atoms with E-state index in [0.29, 0.717) is 11.8 Å². The molecule has 1 aliphatic rings. The molecule has 0 aromatic carbocycles. The van der Waals surface area contributed by atoms with Crippen LogP contribution in [0.4, 0.5) is 0 Å². The molecule has 86 valence electrons. The van der Waals surface area contributed by atoms with E-state index in [2.05, 4.69) is 20.8 Å². The Morgan fingerprint density at radius 3 is 2.53 bits per heavy atom. The zero-order valence-corrected chi connectivity index (χ0v) is 10.2. The first-order valence-electron chi connectivity index (χ1n) is 5.70. The molecule has 2 nitrogen and oxygen atoms in total. The van der Waals surface area contributed by atoms with Crippen molar-refractivity contribution in [3.63, 3.8) is 0 Å². The highest BCUT2D eigenvalue weighted by atomic mass is 16.3. The number of carbonyl (C=O) groups excluding carboxylic acids is 1. The summed E-state index contributed by atoms with van der Waals surface area (Å²) >= 11 is 0. The Balaban J connectivity index is 2.80. The standard InChI is InChI=1S/C13H22O2/c1-9-7-11(15)8-13(3,4)12(9)6-5-10(2)14/h5-6,9,11-12,15H,7-8H2,1-4H3/b6-5+. The molecular weight excluding hydrogens is 188 g/mol. The van der Waals surface area contributed by atoms with Crippen LogP contribution in [0.5, 0.6) is 0 Å². The molecule has 0 aliphatic heterocycles. The van der Waals surface area contributed by atoms with Gasteiger partial charge in [-0.3, -0.25) is 4.79 Å². The van der Waals surface area contributed by atoms with Crippen LogP contribution in [0.2, 0.25) is 0 Å². The number of aliphatic hydroxyl groups is 1. The quantitative estimate of drug-likeness (QED) is 0.711. The molecule has 3 unspecified atom stereocenters. The molecule has 1 rings (SSSR count). The van der Waals surface area contributed by atoms with E-state index in [-0.39, 0.29) is 17.3 Å². The van der Waals surface area contributed by atoms with Gasteiger partial charge in [0.05, 0.1) is 6.10 Å². The fourth-order valence-electron chi connectivity index (χ4n) is 2.86. The van der Waals surface area contributed by atoms with E-state index in [9.17, 15) is 9.90 Å². The van der Waals surface area contributed by atoms with Crippen molar-refractivity contribution in [2.75, 3.05) is 0 Å². The Labute approximate surface area is 92.4 Å². The average molecular weight is 210 g/mol. The minimum absolute atomic E-state index is 0.0863. The average Bonchev–Trinajstić information content (AvgIpc) is 1.98. The molecule has 1 N–H and O–H groups in total. The van der Waals surface area contributed by atoms with Crippen LogP contribution in [0.25, 0.3) is 0 Å². The van der Waals surface area contributed by atoms with Gasteiger partial charge in [-0.25, -0.2) is 0 Å². The van der Waals surface area contributed by atoms with Gasteiger partial charge in [0.2, 0.25) is 0 Å². The van der Waals surface area contributed by atoms with Crippen molar-refractivity contribution in [2.45, 2.75) is 46.6 Å². The normalized spacial score (nSPS) is 35.7. The van der Waals surface area contributed by atoms with Gasteiger partial charge in [-0.2, -0.15) is 0 Å². The maximum atomic E-state index is 10.9. The summed E-state index contributed by atoms with van der Waals surface area (Å²) in [5.41, 5.74) is 0.0863. The summed E-state index contributed by atoms with van der Waals surface area (Å²) in [5, 5.41) is 9.72. The lowest BCUT2D eigenvalue weighted by Gasteiger charge is -2.43. The van der Waals surface area contributed by atoms with Gasteiger partial charge < -0.3 is 5.11 Å². The van der Waals surface area contributed by atoms with E-state index in [4.69, 9.17) is 0 Å². The van der Waals surface area contributed by atoms with Crippen molar-refractivity contribution in [2.24, 2.45) is 17.3 Å². The Bertz CT molecular complexity index is 266. The summed E-state index contributed by atoms with van der Waals surface area (Å²) in [7, 11) is 0. The zero-order valence-electron chi connectivity index (χ0n) is 10.2. The number of aliphatic hydroxyl groups excluding tert-OH is 1. The summed E-state index contributed by atoms with van der Waals surface area (Å²) in [4.78, 5) is 10.9. The number of rotatable bonds is 2. The molecule has 0 spiro atoms. The van der Waals surface area contributed by atoms with Crippen molar-refractivity contribution in [3.8, 4) is 0 Å². The minimum atomic E-state index is -0.183. The summed E-state index contributed by atoms with van der Waals surface area (Å²) in [6, 6.07) is 0. The van der Waals surface area contributed by atoms with Gasteiger partial charge in [-0.1, -0.05) is 26.8 Å². The zero-order chi connectivity index (χ0) is 11.6. The lowest BCUT2D eigenvalue weighted by atomic mass is 9.63. The van der Waals surface area contributed by atoms with Gasteiger partial charge in [-0.15, -0.1) is 0 Å². The molecule has 0 heterocycles. The second-order valence-electron chi connectivity index (χ2n) is 5.56. The third-order valence-electron chi connectivity index (χ3n) is 3.46. The van der Waals surface area contributed by atoms with E-state index in [1.807, 2.05) is 6.08 Å². The van der Waals surface area contributed by atoms with Crippen LogP contribution in [0.15, 0.2) is 12.2 Å². The van der Waals surface area contributed by atoms with Crippen molar-refractivity contribution >= 4 is 5.78 Å². The summed E-state index contributed by atoms with van der Waals surface area (Å²) in [6.45, 7) is 8.06. The highest BCUT2D eigenvalue weighted by molar-refractivity contribution is 5.87. The molecule has 15 heavy (non-hydrogen) atoms. The fraction of sp³-hybridized carbons (Fsp3) is 0.769. The summed E-state index contributed by atoms with van der Waals surface area (Å²) < 4.78 is 0. The number of hydrogen-bond donors (Lipinski definition) is 1. The van der Waals surface area contributed by atoms with E-state index in [1.165, 1.54) is 0 Å². The number of carbonyl (C=O) groups is 1. The maximum Gasteiger partial charge on any atom is 0.152 e. The Morgan fingerprint density at radius 1 is 1.47 bits per heavy atom. The second kappa shape index (κ2) is 4.48. The third kappa shape index (κ3) is 3.16. The molecular formula is C13H22O2. The van der Waals surface area contributed by atoms with Gasteiger partial charge in [0, 0.05) is 0 Å². The van der Waals surface area contributed by atoms with Crippen LogP contribution in [0.3, 0.4) is 0 Å². The predicted octanol–water partition coefficient (Wildman–Crippen LogP) is 2.56. The number of hydrogen-bond acceptors (Lipinski definition) is 2. The Hall–Kier alpha value is -0.630. The van der Waals surface area contributed by atoms with Crippen LogP contribution in [-0.4, -0.2) is 17.0 Å². The minimum Gasteiger partial charge on any atom is -0.393 e. The van der Waals surface area contributed by atoms with E-state index < -0.39 is 0 Å². The van der Waals surface area contributed by atoms with Crippen LogP contribution >= 0.6 is 0 Å². The lowest BCUT2D eigenvalue weighted by molar-refractivity contribution is -0.112. The van der Waals surface area contributed by atoms with Crippen LogP contribution in [-0.2, 0) is 4.79 Å². The Kier molecular flexibility index (Phi) is 3.72. The molecule has 0 aromatic rings. The largest absolute Gasteiger partial charge is 0.393 e. The number of ketones is 1. The summed E-state index contributed by atoms with van der Waals surface area (Å²) in [6.07, 6.45) is 5.18. The lowest BCUT2D eigenvalue weighted by Crippen LogP contribution is -2.38. The number of allylic oxidation sites excluding steroid dienone is 2. The fourth-order valence-corrected chi connectivity index (χ4v) is 2.86. The second-order valence-corrected chi connectivity index (χ2v) is 5.56. The maximum absolute atomic E-state index is 10.9. The van der Waals surface area contributed by atoms with Crippen molar-refractivity contribution in [3.05, 3.63) is 12.2 Å². The van der Waals surface area contributed by atoms with Gasteiger partial charge >= 0.3 is 0 Å². The molecule has 0 saturated heterocycles. The molecule has 1 saturated carbocycles. The molecule has 2 heteroatoms.